The largest absolute Gasteiger partial charge is 0.465 e. The molecular formula is C15H15NO5S. The lowest BCUT2D eigenvalue weighted by atomic mass is 10.0. The maximum absolute atomic E-state index is 12.6. The van der Waals surface area contributed by atoms with E-state index in [2.05, 4.69) is 0 Å². The van der Waals surface area contributed by atoms with Crippen LogP contribution >= 0.6 is 0 Å². The highest BCUT2D eigenvalue weighted by atomic mass is 32.2. The summed E-state index contributed by atoms with van der Waals surface area (Å²) in [4.78, 5) is 11.6. The normalized spacial score (nSPS) is 14.5. The third kappa shape index (κ3) is 2.37. The van der Waals surface area contributed by atoms with Gasteiger partial charge in [0, 0.05) is 6.54 Å². The van der Waals surface area contributed by atoms with Crippen LogP contribution in [0.4, 0.5) is 5.69 Å². The van der Waals surface area contributed by atoms with E-state index < -0.39 is 16.0 Å². The third-order valence-electron chi connectivity index (χ3n) is 3.62. The number of nitrogens with zero attached hydrogens (tertiary/aromatic N) is 1. The first-order valence-electron chi connectivity index (χ1n) is 6.81. The van der Waals surface area contributed by atoms with Crippen molar-refractivity contribution in [2.45, 2.75) is 17.9 Å². The van der Waals surface area contributed by atoms with Gasteiger partial charge in [0.15, 0.2) is 0 Å². The molecule has 1 aromatic carbocycles. The number of hydrogen-bond acceptors (Lipinski definition) is 5. The van der Waals surface area contributed by atoms with Gasteiger partial charge in [0.05, 0.1) is 24.6 Å². The van der Waals surface area contributed by atoms with Crippen LogP contribution < -0.4 is 4.31 Å². The van der Waals surface area contributed by atoms with E-state index >= 15 is 0 Å². The number of furan rings is 1. The minimum absolute atomic E-state index is 0.0857. The molecule has 2 aromatic rings. The molecule has 0 aliphatic carbocycles. The Morgan fingerprint density at radius 1 is 1.32 bits per heavy atom. The smallest absolute Gasteiger partial charge is 0.337 e. The lowest BCUT2D eigenvalue weighted by Gasteiger charge is -2.29. The summed E-state index contributed by atoms with van der Waals surface area (Å²) in [5.41, 5.74) is 1.80. The van der Waals surface area contributed by atoms with Crippen LogP contribution in [0, 0.1) is 0 Å². The second-order valence-electron chi connectivity index (χ2n) is 4.95. The summed E-state index contributed by atoms with van der Waals surface area (Å²) >= 11 is 0. The Balaban J connectivity index is 2.04. The fraction of sp³-hybridized carbons (Fsp3) is 0.267. The van der Waals surface area contributed by atoms with Crippen LogP contribution in [-0.2, 0) is 21.2 Å². The van der Waals surface area contributed by atoms with Gasteiger partial charge in [0.2, 0.25) is 5.09 Å². The quantitative estimate of drug-likeness (QED) is 0.810. The molecule has 0 saturated carbocycles. The van der Waals surface area contributed by atoms with Crippen LogP contribution in [0.1, 0.15) is 22.3 Å². The van der Waals surface area contributed by atoms with Gasteiger partial charge in [-0.3, -0.25) is 4.31 Å². The molecule has 1 aliphatic heterocycles. The number of carbonyl (C=O) groups excluding carboxylic acids is 1. The van der Waals surface area contributed by atoms with E-state index in [1.165, 1.54) is 29.8 Å². The second-order valence-corrected chi connectivity index (χ2v) is 6.74. The molecule has 22 heavy (non-hydrogen) atoms. The van der Waals surface area contributed by atoms with Gasteiger partial charge in [0.1, 0.15) is 0 Å². The van der Waals surface area contributed by atoms with Gasteiger partial charge in [0.25, 0.3) is 10.0 Å². The summed E-state index contributed by atoms with van der Waals surface area (Å²) < 4.78 is 36.3. The van der Waals surface area contributed by atoms with Gasteiger partial charge in [-0.25, -0.2) is 4.79 Å². The van der Waals surface area contributed by atoms with Crippen LogP contribution in [0.3, 0.4) is 0 Å². The monoisotopic (exact) mass is 321 g/mol. The van der Waals surface area contributed by atoms with Crippen LogP contribution in [0.5, 0.6) is 0 Å². The standard InChI is InChI=1S/C15H15NO5S/c1-20-15(17)12-6-7-13-11(10-12)4-2-8-16(13)22(18,19)14-5-3-9-21-14/h3,5-7,9-10H,2,4,8H2,1H3. The molecule has 0 radical (unpaired) electrons. The number of sulfonamides is 1. The average Bonchev–Trinajstić information content (AvgIpc) is 3.08. The number of carbonyl (C=O) groups is 1. The average molecular weight is 321 g/mol. The van der Waals surface area contributed by atoms with Gasteiger partial charge >= 0.3 is 5.97 Å². The lowest BCUT2D eigenvalue weighted by molar-refractivity contribution is 0.0600. The minimum Gasteiger partial charge on any atom is -0.465 e. The van der Waals surface area contributed by atoms with Crippen molar-refractivity contribution >= 4 is 21.7 Å². The fourth-order valence-corrected chi connectivity index (χ4v) is 4.03. The molecule has 1 aromatic heterocycles. The highest BCUT2D eigenvalue weighted by Crippen LogP contribution is 2.32. The topological polar surface area (TPSA) is 76.8 Å². The summed E-state index contributed by atoms with van der Waals surface area (Å²) in [5.74, 6) is -0.436. The Labute approximate surface area is 128 Å². The van der Waals surface area contributed by atoms with Crippen molar-refractivity contribution in [1.29, 1.82) is 0 Å². The van der Waals surface area contributed by atoms with Crippen LogP contribution in [0.2, 0.25) is 0 Å². The Bertz CT molecular complexity index is 795. The van der Waals surface area contributed by atoms with E-state index in [9.17, 15) is 13.2 Å². The predicted molar refractivity (Wildman–Crippen MR) is 79.3 cm³/mol. The first-order valence-corrected chi connectivity index (χ1v) is 8.25. The van der Waals surface area contributed by atoms with Gasteiger partial charge < -0.3 is 9.15 Å². The lowest BCUT2D eigenvalue weighted by Crippen LogP contribution is -2.35. The van der Waals surface area contributed by atoms with Gasteiger partial charge in [-0.15, -0.1) is 0 Å². The first kappa shape index (κ1) is 14.6. The zero-order valence-corrected chi connectivity index (χ0v) is 12.8. The zero-order valence-electron chi connectivity index (χ0n) is 12.0. The number of aryl methyl sites for hydroxylation is 1. The summed E-state index contributed by atoms with van der Waals surface area (Å²) in [6, 6.07) is 7.86. The molecule has 7 heteroatoms. The van der Waals surface area contributed by atoms with Crippen LogP contribution in [0.25, 0.3) is 0 Å². The number of methoxy groups -OCH3 is 1. The Kier molecular flexibility index (Phi) is 3.66. The van der Waals surface area contributed by atoms with E-state index in [1.54, 1.807) is 18.2 Å². The van der Waals surface area contributed by atoms with Gasteiger partial charge in [-0.05, 0) is 48.7 Å². The molecule has 0 atom stereocenters. The molecule has 0 bridgehead atoms. The number of esters is 1. The van der Waals surface area contributed by atoms with Crippen molar-refractivity contribution in [2.75, 3.05) is 18.0 Å². The van der Waals surface area contributed by atoms with E-state index in [4.69, 9.17) is 9.15 Å². The summed E-state index contributed by atoms with van der Waals surface area (Å²) in [6.07, 6.45) is 2.72. The van der Waals surface area contributed by atoms with Crippen LogP contribution in [0.15, 0.2) is 46.1 Å². The molecule has 0 unspecified atom stereocenters. The number of benzene rings is 1. The summed E-state index contributed by atoms with van der Waals surface area (Å²) in [6.45, 7) is 0.383. The molecule has 0 fully saturated rings. The predicted octanol–water partition coefficient (Wildman–Crippen LogP) is 2.21. The summed E-state index contributed by atoms with van der Waals surface area (Å²) in [7, 11) is -2.41. The number of ether oxygens (including phenoxy) is 1. The number of hydrogen-bond donors (Lipinski definition) is 0. The maximum Gasteiger partial charge on any atom is 0.337 e. The van der Waals surface area contributed by atoms with Crippen molar-refractivity contribution in [3.05, 3.63) is 47.7 Å². The van der Waals surface area contributed by atoms with Crippen molar-refractivity contribution in [2.24, 2.45) is 0 Å². The van der Waals surface area contributed by atoms with E-state index in [1.807, 2.05) is 0 Å². The van der Waals surface area contributed by atoms with Crippen molar-refractivity contribution < 1.29 is 22.4 Å². The minimum atomic E-state index is -3.72. The third-order valence-corrected chi connectivity index (χ3v) is 5.32. The maximum atomic E-state index is 12.6. The van der Waals surface area contributed by atoms with Crippen molar-refractivity contribution in [1.82, 2.24) is 0 Å². The van der Waals surface area contributed by atoms with Gasteiger partial charge in [-0.1, -0.05) is 0 Å². The Morgan fingerprint density at radius 3 is 2.82 bits per heavy atom. The SMILES string of the molecule is COC(=O)c1ccc2c(c1)CCCN2S(=O)(=O)c1ccco1. The van der Waals surface area contributed by atoms with E-state index in [-0.39, 0.29) is 5.09 Å². The van der Waals surface area contributed by atoms with Gasteiger partial charge in [-0.2, -0.15) is 8.42 Å². The Hall–Kier alpha value is -2.28. The highest BCUT2D eigenvalue weighted by molar-refractivity contribution is 7.92. The van der Waals surface area contributed by atoms with Crippen LogP contribution in [-0.4, -0.2) is 28.0 Å². The Morgan fingerprint density at radius 2 is 2.14 bits per heavy atom. The number of anilines is 1. The molecule has 0 saturated heterocycles. The molecule has 6 nitrogen and oxygen atoms in total. The molecular weight excluding hydrogens is 306 g/mol. The summed E-state index contributed by atoms with van der Waals surface area (Å²) in [5, 5.41) is -0.0857. The van der Waals surface area contributed by atoms with E-state index in [0.717, 1.165) is 5.56 Å². The zero-order chi connectivity index (χ0) is 15.7. The molecule has 0 amide bonds. The fourth-order valence-electron chi connectivity index (χ4n) is 2.58. The second kappa shape index (κ2) is 5.49. The first-order chi connectivity index (χ1) is 10.5. The highest BCUT2D eigenvalue weighted by Gasteiger charge is 2.31. The molecule has 3 rings (SSSR count). The molecule has 0 N–H and O–H groups in total. The number of fused-ring (bicyclic) bond motifs is 1. The molecule has 116 valence electrons. The van der Waals surface area contributed by atoms with Crippen molar-refractivity contribution in [3.63, 3.8) is 0 Å². The molecule has 1 aliphatic rings. The molecule has 0 spiro atoms. The molecule has 2 heterocycles. The number of rotatable bonds is 3. The van der Waals surface area contributed by atoms with Crippen molar-refractivity contribution in [3.8, 4) is 0 Å². The van der Waals surface area contributed by atoms with E-state index in [0.29, 0.717) is 30.6 Å².